The number of hydrogen-bond donors (Lipinski definition) is 1. The van der Waals surface area contributed by atoms with Crippen LogP contribution in [0.1, 0.15) is 17.8 Å². The van der Waals surface area contributed by atoms with Gasteiger partial charge < -0.3 is 10.6 Å². The summed E-state index contributed by atoms with van der Waals surface area (Å²) < 4.78 is 13.1. The molecule has 1 aromatic carbocycles. The van der Waals surface area contributed by atoms with Crippen LogP contribution in [0.25, 0.3) is 0 Å². The molecule has 0 amide bonds. The van der Waals surface area contributed by atoms with Crippen LogP contribution in [0.4, 0.5) is 16.0 Å². The van der Waals surface area contributed by atoms with Gasteiger partial charge in [0.15, 0.2) is 0 Å². The lowest BCUT2D eigenvalue weighted by atomic mass is 10.2. The van der Waals surface area contributed by atoms with Crippen molar-refractivity contribution in [1.82, 2.24) is 9.97 Å². The lowest BCUT2D eigenvalue weighted by Crippen LogP contribution is -2.23. The van der Waals surface area contributed by atoms with E-state index in [1.165, 1.54) is 12.1 Å². The Morgan fingerprint density at radius 1 is 1.10 bits per heavy atom. The zero-order valence-corrected chi connectivity index (χ0v) is 11.8. The molecule has 2 rings (SSSR count). The van der Waals surface area contributed by atoms with E-state index in [9.17, 15) is 4.39 Å². The van der Waals surface area contributed by atoms with Crippen molar-refractivity contribution in [1.29, 1.82) is 0 Å². The van der Waals surface area contributed by atoms with Crippen molar-refractivity contribution in [2.24, 2.45) is 5.73 Å². The van der Waals surface area contributed by atoms with Crippen LogP contribution in [0.3, 0.4) is 0 Å². The molecule has 0 bridgehead atoms. The molecule has 0 aliphatic heterocycles. The van der Waals surface area contributed by atoms with Crippen molar-refractivity contribution in [3.63, 3.8) is 0 Å². The highest BCUT2D eigenvalue weighted by molar-refractivity contribution is 5.57. The molecule has 0 atom stereocenters. The van der Waals surface area contributed by atoms with Crippen molar-refractivity contribution in [3.05, 3.63) is 47.5 Å². The Morgan fingerprint density at radius 3 is 2.25 bits per heavy atom. The molecule has 0 spiro atoms. The fourth-order valence-corrected chi connectivity index (χ4v) is 2.04. The molecular weight excluding hydrogens is 255 g/mol. The first kappa shape index (κ1) is 14.4. The summed E-state index contributed by atoms with van der Waals surface area (Å²) in [5.74, 6) is 0.372. The second-order valence-corrected chi connectivity index (χ2v) is 4.72. The zero-order valence-electron chi connectivity index (χ0n) is 11.8. The highest BCUT2D eigenvalue weighted by Crippen LogP contribution is 2.23. The van der Waals surface area contributed by atoms with Gasteiger partial charge in [0.1, 0.15) is 5.82 Å². The molecule has 0 saturated carbocycles. The fraction of sp³-hybridized carbons (Fsp3) is 0.333. The van der Waals surface area contributed by atoms with E-state index in [-0.39, 0.29) is 5.82 Å². The van der Waals surface area contributed by atoms with E-state index in [0.29, 0.717) is 19.0 Å². The van der Waals surface area contributed by atoms with Gasteiger partial charge in [-0.2, -0.15) is 0 Å². The smallest absolute Gasteiger partial charge is 0.230 e. The van der Waals surface area contributed by atoms with Gasteiger partial charge in [-0.15, -0.1) is 0 Å². The van der Waals surface area contributed by atoms with Gasteiger partial charge in [-0.25, -0.2) is 14.4 Å². The summed E-state index contributed by atoms with van der Waals surface area (Å²) in [6.45, 7) is 5.15. The molecule has 0 unspecified atom stereocenters. The van der Waals surface area contributed by atoms with Crippen LogP contribution < -0.4 is 10.6 Å². The molecule has 1 heterocycles. The molecule has 0 aliphatic rings. The summed E-state index contributed by atoms with van der Waals surface area (Å²) in [6.07, 6.45) is 0.813. The third-order valence-electron chi connectivity index (χ3n) is 2.94. The van der Waals surface area contributed by atoms with Gasteiger partial charge in [0.05, 0.1) is 0 Å². The Balaban J connectivity index is 2.38. The summed E-state index contributed by atoms with van der Waals surface area (Å²) in [4.78, 5) is 10.9. The first-order chi connectivity index (χ1) is 9.60. The molecule has 0 aliphatic carbocycles. The Labute approximate surface area is 118 Å². The van der Waals surface area contributed by atoms with Crippen molar-refractivity contribution in [2.75, 3.05) is 18.0 Å². The fourth-order valence-electron chi connectivity index (χ4n) is 2.04. The van der Waals surface area contributed by atoms with Crippen LogP contribution in [0.2, 0.25) is 0 Å². The Morgan fingerprint density at radius 2 is 1.70 bits per heavy atom. The first-order valence-electron chi connectivity index (χ1n) is 6.65. The van der Waals surface area contributed by atoms with Gasteiger partial charge in [0.2, 0.25) is 5.95 Å². The Hall–Kier alpha value is -2.01. The minimum absolute atomic E-state index is 0.256. The second-order valence-electron chi connectivity index (χ2n) is 4.72. The monoisotopic (exact) mass is 274 g/mol. The molecule has 0 radical (unpaired) electrons. The van der Waals surface area contributed by atoms with E-state index in [0.717, 1.165) is 23.5 Å². The van der Waals surface area contributed by atoms with Gasteiger partial charge >= 0.3 is 0 Å². The first-order valence-corrected chi connectivity index (χ1v) is 6.65. The SMILES string of the molecule is Cc1cc(C)nc(N(CCCN)c2ccc(F)cc2)n1. The van der Waals surface area contributed by atoms with Crippen LogP contribution in [0, 0.1) is 19.7 Å². The molecule has 2 N–H and O–H groups in total. The van der Waals surface area contributed by atoms with E-state index in [4.69, 9.17) is 5.73 Å². The van der Waals surface area contributed by atoms with E-state index in [2.05, 4.69) is 9.97 Å². The Bertz CT molecular complexity index is 548. The van der Waals surface area contributed by atoms with Gasteiger partial charge in [0.25, 0.3) is 0 Å². The van der Waals surface area contributed by atoms with E-state index in [1.807, 2.05) is 24.8 Å². The minimum Gasteiger partial charge on any atom is -0.330 e. The van der Waals surface area contributed by atoms with Gasteiger partial charge in [0, 0.05) is 23.6 Å². The maximum Gasteiger partial charge on any atom is 0.230 e. The number of hydrogen-bond acceptors (Lipinski definition) is 4. The summed E-state index contributed by atoms with van der Waals surface area (Å²) in [7, 11) is 0. The number of nitrogens with two attached hydrogens (primary N) is 1. The molecule has 5 heteroatoms. The van der Waals surface area contributed by atoms with Crippen molar-refractivity contribution in [2.45, 2.75) is 20.3 Å². The molecule has 0 fully saturated rings. The number of benzene rings is 1. The highest BCUT2D eigenvalue weighted by Gasteiger charge is 2.12. The van der Waals surface area contributed by atoms with E-state index >= 15 is 0 Å². The largest absolute Gasteiger partial charge is 0.330 e. The topological polar surface area (TPSA) is 55.0 Å². The molecule has 4 nitrogen and oxygen atoms in total. The standard InChI is InChI=1S/C15H19FN4/c1-11-10-12(2)19-15(18-11)20(9-3-8-17)14-6-4-13(16)5-7-14/h4-7,10H,3,8-9,17H2,1-2H3. The van der Waals surface area contributed by atoms with E-state index < -0.39 is 0 Å². The van der Waals surface area contributed by atoms with Gasteiger partial charge in [-0.05, 0) is 57.1 Å². The van der Waals surface area contributed by atoms with Gasteiger partial charge in [-0.3, -0.25) is 0 Å². The third-order valence-corrected chi connectivity index (χ3v) is 2.94. The normalized spacial score (nSPS) is 10.6. The zero-order chi connectivity index (χ0) is 14.5. The molecular formula is C15H19FN4. The predicted octanol–water partition coefficient (Wildman–Crippen LogP) is 2.72. The molecule has 106 valence electrons. The predicted molar refractivity (Wildman–Crippen MR) is 78.6 cm³/mol. The lowest BCUT2D eigenvalue weighted by Gasteiger charge is -2.23. The van der Waals surface area contributed by atoms with Crippen molar-refractivity contribution < 1.29 is 4.39 Å². The van der Waals surface area contributed by atoms with Crippen LogP contribution >= 0.6 is 0 Å². The van der Waals surface area contributed by atoms with Crippen LogP contribution in [-0.4, -0.2) is 23.1 Å². The lowest BCUT2D eigenvalue weighted by molar-refractivity contribution is 0.627. The number of aryl methyl sites for hydroxylation is 2. The van der Waals surface area contributed by atoms with Crippen LogP contribution in [-0.2, 0) is 0 Å². The second kappa shape index (κ2) is 6.43. The third kappa shape index (κ3) is 3.51. The summed E-state index contributed by atoms with van der Waals surface area (Å²) in [5.41, 5.74) is 8.27. The summed E-state index contributed by atoms with van der Waals surface area (Å²) in [6, 6.07) is 8.26. The maximum atomic E-state index is 13.1. The average Bonchev–Trinajstić information content (AvgIpc) is 2.40. The number of anilines is 2. The Kier molecular flexibility index (Phi) is 4.63. The number of halogens is 1. The van der Waals surface area contributed by atoms with Crippen LogP contribution in [0.15, 0.2) is 30.3 Å². The maximum absolute atomic E-state index is 13.1. The van der Waals surface area contributed by atoms with Crippen molar-refractivity contribution in [3.8, 4) is 0 Å². The van der Waals surface area contributed by atoms with E-state index in [1.54, 1.807) is 12.1 Å². The average molecular weight is 274 g/mol. The number of aromatic nitrogens is 2. The molecule has 1 aromatic heterocycles. The highest BCUT2D eigenvalue weighted by atomic mass is 19.1. The summed E-state index contributed by atoms with van der Waals surface area (Å²) in [5, 5.41) is 0. The molecule has 20 heavy (non-hydrogen) atoms. The minimum atomic E-state index is -0.256. The quantitative estimate of drug-likeness (QED) is 0.910. The van der Waals surface area contributed by atoms with Gasteiger partial charge in [-0.1, -0.05) is 0 Å². The number of nitrogens with zero attached hydrogens (tertiary/aromatic N) is 3. The number of rotatable bonds is 5. The van der Waals surface area contributed by atoms with Crippen molar-refractivity contribution >= 4 is 11.6 Å². The molecule has 0 saturated heterocycles. The van der Waals surface area contributed by atoms with Crippen LogP contribution in [0.5, 0.6) is 0 Å². The molecule has 2 aromatic rings. The summed E-state index contributed by atoms with van der Waals surface area (Å²) >= 11 is 0.